The van der Waals surface area contributed by atoms with Gasteiger partial charge in [-0.2, -0.15) is 13.2 Å². The van der Waals surface area contributed by atoms with Crippen LogP contribution in [-0.2, 0) is 10.3 Å². The summed E-state index contributed by atoms with van der Waals surface area (Å²) in [5.74, 6) is 0. The Balaban J connectivity index is 2.80. The van der Waals surface area contributed by atoms with Crippen LogP contribution >= 0.6 is 0 Å². The van der Waals surface area contributed by atoms with E-state index in [4.69, 9.17) is 10.1 Å². The molecule has 0 unspecified atom stereocenters. The highest BCUT2D eigenvalue weighted by molar-refractivity contribution is 7.83. The Morgan fingerprint density at radius 1 is 1.62 bits per heavy atom. The van der Waals surface area contributed by atoms with Gasteiger partial charge in [0.1, 0.15) is 0 Å². The Kier molecular flexibility index (Phi) is 2.62. The van der Waals surface area contributed by atoms with E-state index in [-0.39, 0.29) is 12.1 Å². The highest BCUT2D eigenvalue weighted by Gasteiger charge is 2.14. The molecule has 0 fully saturated rings. The van der Waals surface area contributed by atoms with Crippen LogP contribution in [0.15, 0.2) is 23.9 Å². The lowest BCUT2D eigenvalue weighted by atomic mass is 10.1. The second-order valence-electron chi connectivity index (χ2n) is 2.40. The van der Waals surface area contributed by atoms with Crippen LogP contribution in [0.2, 0.25) is 0 Å². The van der Waals surface area contributed by atoms with Gasteiger partial charge in [-0.15, -0.1) is 0 Å². The fraction of sp³-hybridized carbons (Fsp3) is 0.167. The minimum atomic E-state index is -4.24. The third-order valence-corrected chi connectivity index (χ3v) is 1.87. The maximum Gasteiger partial charge on any atom is 0.357 e. The van der Waals surface area contributed by atoms with Gasteiger partial charge in [-0.3, -0.25) is 9.27 Å². The molecular formula is C6H7N3O3S. The van der Waals surface area contributed by atoms with E-state index in [0.717, 1.165) is 0 Å². The van der Waals surface area contributed by atoms with Crippen LogP contribution < -0.4 is 4.72 Å². The molecule has 0 aromatic carbocycles. The minimum absolute atomic E-state index is 0.132. The van der Waals surface area contributed by atoms with Gasteiger partial charge in [-0.25, -0.2) is 0 Å². The summed E-state index contributed by atoms with van der Waals surface area (Å²) in [4.78, 5) is 2.90. The molecule has 0 spiro atoms. The van der Waals surface area contributed by atoms with Crippen LogP contribution in [0.3, 0.4) is 0 Å². The first kappa shape index (κ1) is 9.66. The highest BCUT2D eigenvalue weighted by Crippen LogP contribution is 2.06. The van der Waals surface area contributed by atoms with Crippen molar-refractivity contribution in [2.75, 3.05) is 0 Å². The fourth-order valence-electron chi connectivity index (χ4n) is 0.893. The molecule has 0 aromatic heterocycles. The Hall–Kier alpha value is -1.43. The molecular weight excluding hydrogens is 194 g/mol. The van der Waals surface area contributed by atoms with Crippen molar-refractivity contribution in [2.24, 2.45) is 0 Å². The van der Waals surface area contributed by atoms with E-state index in [1.54, 1.807) is 0 Å². The third-order valence-electron chi connectivity index (χ3n) is 1.35. The number of allylic oxidation sites excluding steroid dienone is 4. The third kappa shape index (κ3) is 3.20. The van der Waals surface area contributed by atoms with Crippen molar-refractivity contribution in [3.8, 4) is 0 Å². The van der Waals surface area contributed by atoms with Crippen LogP contribution in [-0.4, -0.2) is 23.5 Å². The molecule has 0 atom stereocenters. The molecule has 0 saturated heterocycles. The lowest BCUT2D eigenvalue weighted by molar-refractivity contribution is -0.00565. The van der Waals surface area contributed by atoms with Crippen molar-refractivity contribution in [1.29, 1.82) is 0 Å². The van der Waals surface area contributed by atoms with Crippen LogP contribution in [0.5, 0.6) is 0 Å². The maximum absolute atomic E-state index is 10.4. The van der Waals surface area contributed by atoms with E-state index in [1.807, 2.05) is 4.72 Å². The average Bonchev–Trinajstić information content (AvgIpc) is 2.01. The molecule has 0 bridgehead atoms. The van der Waals surface area contributed by atoms with E-state index >= 15 is 0 Å². The van der Waals surface area contributed by atoms with Crippen LogP contribution in [0, 0.1) is 0 Å². The molecule has 1 aliphatic carbocycles. The smallest absolute Gasteiger partial charge is 0.357 e. The standard InChI is InChI=1S/C6H7N3O3S/c7-8-5-2-1-3-6(4-5)9-13(10,11)12/h1-3,9H,4H2,(H,10,11,12). The molecule has 0 saturated carbocycles. The molecule has 0 heterocycles. The Morgan fingerprint density at radius 3 is 2.85 bits per heavy atom. The van der Waals surface area contributed by atoms with Crippen LogP contribution in [0.25, 0.3) is 5.53 Å². The number of rotatable bonds is 2. The Bertz CT molecular complexity index is 414. The van der Waals surface area contributed by atoms with E-state index < -0.39 is 10.3 Å². The molecule has 6 nitrogen and oxygen atoms in total. The second-order valence-corrected chi connectivity index (χ2v) is 3.55. The maximum atomic E-state index is 10.4. The summed E-state index contributed by atoms with van der Waals surface area (Å²) >= 11 is 0. The molecule has 2 N–H and O–H groups in total. The van der Waals surface area contributed by atoms with Crippen LogP contribution in [0.4, 0.5) is 0 Å². The van der Waals surface area contributed by atoms with E-state index in [1.165, 1.54) is 18.2 Å². The zero-order valence-corrected chi connectivity index (χ0v) is 7.32. The summed E-state index contributed by atoms with van der Waals surface area (Å²) in [6.45, 7) is 0. The minimum Gasteiger partial charge on any atom is -0.361 e. The predicted octanol–water partition coefficient (Wildman–Crippen LogP) is -0.107. The van der Waals surface area contributed by atoms with Gasteiger partial charge < -0.3 is 5.53 Å². The molecule has 70 valence electrons. The fourth-order valence-corrected chi connectivity index (χ4v) is 1.36. The van der Waals surface area contributed by atoms with Gasteiger partial charge in [0.25, 0.3) is 5.71 Å². The zero-order valence-electron chi connectivity index (χ0n) is 6.51. The number of hydrogen-bond donors (Lipinski definition) is 2. The van der Waals surface area contributed by atoms with Gasteiger partial charge in [-0.1, -0.05) is 6.08 Å². The first-order valence-electron chi connectivity index (χ1n) is 3.34. The van der Waals surface area contributed by atoms with Gasteiger partial charge in [-0.05, 0) is 6.08 Å². The quantitative estimate of drug-likeness (QED) is 0.370. The molecule has 1 aliphatic rings. The van der Waals surface area contributed by atoms with Crippen molar-refractivity contribution in [1.82, 2.24) is 4.72 Å². The molecule has 1 rings (SSSR count). The summed E-state index contributed by atoms with van der Waals surface area (Å²) in [7, 11) is -4.24. The monoisotopic (exact) mass is 201 g/mol. The van der Waals surface area contributed by atoms with Crippen molar-refractivity contribution in [2.45, 2.75) is 6.42 Å². The molecule has 0 aromatic rings. The van der Waals surface area contributed by atoms with Gasteiger partial charge >= 0.3 is 10.3 Å². The number of hydrogen-bond acceptors (Lipinski definition) is 2. The summed E-state index contributed by atoms with van der Waals surface area (Å²) < 4.78 is 31.0. The second kappa shape index (κ2) is 3.53. The Morgan fingerprint density at radius 2 is 2.31 bits per heavy atom. The van der Waals surface area contributed by atoms with Gasteiger partial charge in [0.15, 0.2) is 0 Å². The first-order valence-corrected chi connectivity index (χ1v) is 4.78. The van der Waals surface area contributed by atoms with Crippen molar-refractivity contribution in [3.05, 3.63) is 29.5 Å². The SMILES string of the molecule is [N-]=[N+]=C1C=CC=C(NS(=O)(=O)O)C1. The van der Waals surface area contributed by atoms with E-state index in [9.17, 15) is 8.42 Å². The van der Waals surface area contributed by atoms with E-state index in [2.05, 4.69) is 4.79 Å². The molecule has 0 aliphatic heterocycles. The first-order chi connectivity index (χ1) is 6.01. The average molecular weight is 201 g/mol. The lowest BCUT2D eigenvalue weighted by Crippen LogP contribution is -2.24. The van der Waals surface area contributed by atoms with Gasteiger partial charge in [0.2, 0.25) is 0 Å². The van der Waals surface area contributed by atoms with Gasteiger partial charge in [0, 0.05) is 11.8 Å². The summed E-state index contributed by atoms with van der Waals surface area (Å²) in [5, 5.41) is 0. The van der Waals surface area contributed by atoms with Gasteiger partial charge in [0.05, 0.1) is 6.42 Å². The molecule has 7 heteroatoms. The Labute approximate surface area is 75.1 Å². The normalized spacial score (nSPS) is 16.4. The number of nitrogens with zero attached hydrogens (tertiary/aromatic N) is 2. The molecule has 0 radical (unpaired) electrons. The predicted molar refractivity (Wildman–Crippen MR) is 45.2 cm³/mol. The summed E-state index contributed by atoms with van der Waals surface area (Å²) in [5.41, 5.74) is 8.94. The van der Waals surface area contributed by atoms with Crippen molar-refractivity contribution >= 4 is 16.0 Å². The zero-order chi connectivity index (χ0) is 9.90. The van der Waals surface area contributed by atoms with Crippen molar-refractivity contribution in [3.63, 3.8) is 0 Å². The lowest BCUT2D eigenvalue weighted by Gasteiger charge is -2.05. The molecule has 0 amide bonds. The summed E-state index contributed by atoms with van der Waals surface area (Å²) in [6.07, 6.45) is 4.62. The number of nitrogens with one attached hydrogen (secondary N) is 1. The van der Waals surface area contributed by atoms with Crippen LogP contribution in [0.1, 0.15) is 6.42 Å². The molecule has 13 heavy (non-hydrogen) atoms. The largest absolute Gasteiger partial charge is 0.361 e. The van der Waals surface area contributed by atoms with E-state index in [0.29, 0.717) is 5.71 Å². The topological polar surface area (TPSA) is 103 Å². The highest BCUT2D eigenvalue weighted by atomic mass is 32.2. The summed E-state index contributed by atoms with van der Waals surface area (Å²) in [6, 6.07) is 0. The van der Waals surface area contributed by atoms with Crippen molar-refractivity contribution < 1.29 is 17.8 Å².